The highest BCUT2D eigenvalue weighted by molar-refractivity contribution is 14.0. The largest absolute Gasteiger partial charge is 0.376 e. The summed E-state index contributed by atoms with van der Waals surface area (Å²) >= 11 is 0. The van der Waals surface area contributed by atoms with Crippen LogP contribution in [0.25, 0.3) is 0 Å². The van der Waals surface area contributed by atoms with Gasteiger partial charge in [-0.15, -0.1) is 24.0 Å². The first-order chi connectivity index (χ1) is 14.3. The molecule has 0 spiro atoms. The van der Waals surface area contributed by atoms with Crippen molar-refractivity contribution in [3.63, 3.8) is 0 Å². The average molecular weight is 526 g/mol. The van der Waals surface area contributed by atoms with Gasteiger partial charge in [0.05, 0.1) is 25.8 Å². The second-order valence-corrected chi connectivity index (χ2v) is 7.52. The van der Waals surface area contributed by atoms with Crippen LogP contribution in [0.4, 0.5) is 0 Å². The van der Waals surface area contributed by atoms with Crippen LogP contribution < -0.4 is 10.6 Å². The molecule has 0 atom stereocenters. The quantitative estimate of drug-likeness (QED) is 0.171. The van der Waals surface area contributed by atoms with Crippen LogP contribution in [0, 0.1) is 0 Å². The van der Waals surface area contributed by atoms with Crippen molar-refractivity contribution >= 4 is 29.9 Å². The van der Waals surface area contributed by atoms with Gasteiger partial charge in [-0.1, -0.05) is 49.9 Å². The summed E-state index contributed by atoms with van der Waals surface area (Å²) in [5.74, 6) is 0.832. The number of aromatic nitrogens is 3. The number of nitrogens with one attached hydrogen (secondary N) is 2. The predicted molar refractivity (Wildman–Crippen MR) is 131 cm³/mol. The first-order valence-corrected chi connectivity index (χ1v) is 10.9. The van der Waals surface area contributed by atoms with Gasteiger partial charge >= 0.3 is 0 Å². The molecule has 1 aliphatic carbocycles. The molecular weight excluding hydrogens is 491 g/mol. The molecule has 1 heterocycles. The summed E-state index contributed by atoms with van der Waals surface area (Å²) in [5, 5.41) is 10.9. The Morgan fingerprint density at radius 3 is 2.70 bits per heavy atom. The Morgan fingerprint density at radius 1 is 1.17 bits per heavy atom. The third-order valence-electron chi connectivity index (χ3n) is 5.12. The van der Waals surface area contributed by atoms with Crippen molar-refractivity contribution in [2.75, 3.05) is 19.7 Å². The summed E-state index contributed by atoms with van der Waals surface area (Å²) in [6, 6.07) is 8.44. The van der Waals surface area contributed by atoms with Crippen LogP contribution in [0.1, 0.15) is 56.6 Å². The minimum atomic E-state index is 0. The molecule has 30 heavy (non-hydrogen) atoms. The van der Waals surface area contributed by atoms with Crippen molar-refractivity contribution in [1.29, 1.82) is 0 Å². The van der Waals surface area contributed by atoms with E-state index in [9.17, 15) is 0 Å². The Morgan fingerprint density at radius 2 is 1.97 bits per heavy atom. The molecule has 0 saturated heterocycles. The van der Waals surface area contributed by atoms with E-state index in [4.69, 9.17) is 9.73 Å². The topological polar surface area (TPSA) is 76.4 Å². The zero-order valence-corrected chi connectivity index (χ0v) is 20.3. The Bertz CT molecular complexity index is 729. The van der Waals surface area contributed by atoms with E-state index in [0.717, 1.165) is 25.7 Å². The fourth-order valence-electron chi connectivity index (χ4n) is 3.64. The van der Waals surface area contributed by atoms with Gasteiger partial charge in [0.15, 0.2) is 5.96 Å². The maximum absolute atomic E-state index is 6.06. The van der Waals surface area contributed by atoms with E-state index in [1.54, 1.807) is 12.7 Å². The maximum atomic E-state index is 6.06. The van der Waals surface area contributed by atoms with Gasteiger partial charge in [0.2, 0.25) is 0 Å². The van der Waals surface area contributed by atoms with E-state index in [-0.39, 0.29) is 24.0 Å². The molecule has 0 radical (unpaired) electrons. The zero-order chi connectivity index (χ0) is 20.2. The average Bonchev–Trinajstić information content (AvgIpc) is 3.10. The van der Waals surface area contributed by atoms with Crippen molar-refractivity contribution in [2.45, 2.75) is 64.6 Å². The van der Waals surface area contributed by atoms with Gasteiger partial charge in [-0.25, -0.2) is 14.7 Å². The second kappa shape index (κ2) is 14.3. The summed E-state index contributed by atoms with van der Waals surface area (Å²) in [5.41, 5.74) is 2.37. The SMILES string of the molecule is CCNC(=NCc1cccc(Cn2cncn2)c1)NCCOC1CCCCCC1.I. The van der Waals surface area contributed by atoms with Crippen molar-refractivity contribution < 1.29 is 4.74 Å². The van der Waals surface area contributed by atoms with Gasteiger partial charge in [-0.05, 0) is 30.9 Å². The fraction of sp³-hybridized carbons (Fsp3) is 0.591. The van der Waals surface area contributed by atoms with Gasteiger partial charge in [0.25, 0.3) is 0 Å². The Balaban J connectivity index is 0.00000320. The first kappa shape index (κ1) is 24.6. The number of nitrogens with zero attached hydrogens (tertiary/aromatic N) is 4. The molecule has 2 aromatic rings. The van der Waals surface area contributed by atoms with Crippen LogP contribution >= 0.6 is 24.0 Å². The molecule has 1 saturated carbocycles. The van der Waals surface area contributed by atoms with Crippen molar-refractivity contribution in [3.05, 3.63) is 48.0 Å². The predicted octanol–water partition coefficient (Wildman–Crippen LogP) is 3.74. The molecule has 2 N–H and O–H groups in total. The Labute approximate surface area is 197 Å². The molecule has 166 valence electrons. The Hall–Kier alpha value is -1.68. The van der Waals surface area contributed by atoms with E-state index in [0.29, 0.717) is 19.2 Å². The number of ether oxygens (including phenoxy) is 1. The maximum Gasteiger partial charge on any atom is 0.191 e. The third kappa shape index (κ3) is 8.99. The minimum absolute atomic E-state index is 0. The molecule has 0 amide bonds. The molecule has 7 nitrogen and oxygen atoms in total. The van der Waals surface area contributed by atoms with E-state index < -0.39 is 0 Å². The lowest BCUT2D eigenvalue weighted by Gasteiger charge is -2.16. The van der Waals surface area contributed by atoms with Crippen LogP contribution in [0.5, 0.6) is 0 Å². The molecule has 0 unspecified atom stereocenters. The normalized spacial score (nSPS) is 15.3. The second-order valence-electron chi connectivity index (χ2n) is 7.52. The molecule has 0 bridgehead atoms. The monoisotopic (exact) mass is 526 g/mol. The van der Waals surface area contributed by atoms with Gasteiger partial charge in [-0.3, -0.25) is 0 Å². The number of rotatable bonds is 9. The fourth-order valence-corrected chi connectivity index (χ4v) is 3.64. The summed E-state index contributed by atoms with van der Waals surface area (Å²) in [7, 11) is 0. The van der Waals surface area contributed by atoms with E-state index >= 15 is 0 Å². The molecule has 0 aliphatic heterocycles. The number of benzene rings is 1. The smallest absolute Gasteiger partial charge is 0.191 e. The highest BCUT2D eigenvalue weighted by atomic mass is 127. The van der Waals surface area contributed by atoms with Crippen LogP contribution in [-0.2, 0) is 17.8 Å². The Kier molecular flexibility index (Phi) is 11.8. The van der Waals surface area contributed by atoms with E-state index in [1.807, 2.05) is 4.68 Å². The first-order valence-electron chi connectivity index (χ1n) is 10.9. The van der Waals surface area contributed by atoms with Crippen molar-refractivity contribution in [1.82, 2.24) is 25.4 Å². The molecule has 1 aromatic heterocycles. The number of guanidine groups is 1. The van der Waals surface area contributed by atoms with Crippen molar-refractivity contribution in [2.24, 2.45) is 4.99 Å². The van der Waals surface area contributed by atoms with Crippen LogP contribution in [0.2, 0.25) is 0 Å². The molecule has 8 heteroatoms. The summed E-state index contributed by atoms with van der Waals surface area (Å²) in [4.78, 5) is 8.72. The van der Waals surface area contributed by atoms with Gasteiger partial charge in [-0.2, -0.15) is 5.10 Å². The molecule has 1 aromatic carbocycles. The standard InChI is InChI=1S/C22H34N6O.HI/c1-2-24-22(25-12-13-29-21-10-5-3-4-6-11-21)26-15-19-8-7-9-20(14-19)16-28-18-23-17-27-28;/h7-9,14,17-18,21H,2-6,10-13,15-16H2,1H3,(H2,24,25,26);1H. The molecule has 1 fully saturated rings. The van der Waals surface area contributed by atoms with Gasteiger partial charge < -0.3 is 15.4 Å². The number of aliphatic imine (C=N–C) groups is 1. The van der Waals surface area contributed by atoms with Crippen LogP contribution in [0.15, 0.2) is 41.9 Å². The zero-order valence-electron chi connectivity index (χ0n) is 17.9. The summed E-state index contributed by atoms with van der Waals surface area (Å²) < 4.78 is 7.88. The number of hydrogen-bond acceptors (Lipinski definition) is 4. The summed E-state index contributed by atoms with van der Waals surface area (Å²) in [6.07, 6.45) is 11.5. The van der Waals surface area contributed by atoms with E-state index in [1.165, 1.54) is 49.7 Å². The number of hydrogen-bond donors (Lipinski definition) is 2. The lowest BCUT2D eigenvalue weighted by Crippen LogP contribution is -2.39. The highest BCUT2D eigenvalue weighted by Crippen LogP contribution is 2.19. The molecule has 1 aliphatic rings. The summed E-state index contributed by atoms with van der Waals surface area (Å²) in [6.45, 7) is 5.76. The lowest BCUT2D eigenvalue weighted by atomic mass is 10.1. The highest BCUT2D eigenvalue weighted by Gasteiger charge is 2.12. The van der Waals surface area contributed by atoms with E-state index in [2.05, 4.69) is 51.9 Å². The van der Waals surface area contributed by atoms with Gasteiger partial charge in [0, 0.05) is 13.1 Å². The van der Waals surface area contributed by atoms with Gasteiger partial charge in [0.1, 0.15) is 12.7 Å². The number of halogens is 1. The lowest BCUT2D eigenvalue weighted by molar-refractivity contribution is 0.0468. The van der Waals surface area contributed by atoms with Crippen molar-refractivity contribution in [3.8, 4) is 0 Å². The van der Waals surface area contributed by atoms with Crippen LogP contribution in [-0.4, -0.2) is 46.5 Å². The third-order valence-corrected chi connectivity index (χ3v) is 5.12. The molecule has 3 rings (SSSR count). The molecular formula is C22H35IN6O. The van der Waals surface area contributed by atoms with Crippen LogP contribution in [0.3, 0.4) is 0 Å². The minimum Gasteiger partial charge on any atom is -0.376 e.